The van der Waals surface area contributed by atoms with Gasteiger partial charge in [0.15, 0.2) is 0 Å². The van der Waals surface area contributed by atoms with E-state index in [0.717, 1.165) is 28.5 Å². The Morgan fingerprint density at radius 3 is 1.67 bits per heavy atom. The Bertz CT molecular complexity index is 1420. The quantitative estimate of drug-likeness (QED) is 0.118. The summed E-state index contributed by atoms with van der Waals surface area (Å²) >= 11 is 1.14. The number of ether oxygens (including phenoxy) is 1. The normalized spacial score (nSPS) is 12.2. The molecule has 0 aliphatic carbocycles. The van der Waals surface area contributed by atoms with Crippen molar-refractivity contribution in [2.24, 2.45) is 5.41 Å². The fourth-order valence-electron chi connectivity index (χ4n) is 4.97. The third-order valence-electron chi connectivity index (χ3n) is 7.51. The molecule has 0 aliphatic rings. The average Bonchev–Trinajstić information content (AvgIpc) is 3.08. The molecule has 2 amide bonds. The second kappa shape index (κ2) is 16.2. The Labute approximate surface area is 269 Å². The number of aliphatic hydroxyl groups excluding tert-OH is 1. The first-order chi connectivity index (χ1) is 21.7. The molecular weight excluding hydrogens is 584 g/mol. The molecule has 0 heterocycles. The molecule has 0 radical (unpaired) electrons. The second-order valence-electron chi connectivity index (χ2n) is 11.4. The molecule has 0 saturated heterocycles. The van der Waals surface area contributed by atoms with Crippen LogP contribution in [0.4, 0.5) is 0 Å². The molecule has 0 bridgehead atoms. The van der Waals surface area contributed by atoms with Crippen LogP contribution in [0.25, 0.3) is 0 Å². The van der Waals surface area contributed by atoms with Gasteiger partial charge in [-0.05, 0) is 16.7 Å². The van der Waals surface area contributed by atoms with Gasteiger partial charge in [-0.2, -0.15) is 0 Å². The minimum absolute atomic E-state index is 0.0474. The van der Waals surface area contributed by atoms with Gasteiger partial charge in [0.05, 0.1) is 6.61 Å². The first kappa shape index (κ1) is 33.6. The summed E-state index contributed by atoms with van der Waals surface area (Å²) < 4.78 is 6.84. The van der Waals surface area contributed by atoms with Crippen molar-refractivity contribution in [3.8, 4) is 0 Å². The molecule has 0 saturated carbocycles. The summed E-state index contributed by atoms with van der Waals surface area (Å²) in [4.78, 5) is 37.4. The van der Waals surface area contributed by atoms with Crippen LogP contribution < -0.4 is 10.6 Å². The Hall–Kier alpha value is -4.24. The molecule has 1 atom stereocenters. The smallest absolute Gasteiger partial charge is 0.249 e. The third-order valence-corrected chi connectivity index (χ3v) is 8.41. The zero-order valence-corrected chi connectivity index (χ0v) is 26.5. The van der Waals surface area contributed by atoms with Crippen LogP contribution in [-0.4, -0.2) is 53.6 Å². The lowest BCUT2D eigenvalue weighted by atomic mass is 9.79. The van der Waals surface area contributed by atoms with Gasteiger partial charge in [-0.25, -0.2) is 0 Å². The summed E-state index contributed by atoms with van der Waals surface area (Å²) in [7, 11) is 0. The molecule has 0 spiro atoms. The first-order valence-electron chi connectivity index (χ1n) is 15.0. The molecule has 45 heavy (non-hydrogen) atoms. The standard InChI is InChI=1S/C37H40N2O5S/c1-36(2,33(41)34(42)39-24-23-32(40)38-25-26-45-35(43)28-15-7-3-8-16-28)27-44-37(29-17-9-4-10-18-29,30-19-11-5-12-20-30)31-21-13-6-14-22-31/h3-22,33,41H,23-27H2,1-2H3,(H,38,40)(H,39,42)/t33-/m0/s1. The van der Waals surface area contributed by atoms with Crippen LogP contribution in [-0.2, 0) is 19.9 Å². The predicted molar refractivity (Wildman–Crippen MR) is 179 cm³/mol. The van der Waals surface area contributed by atoms with E-state index >= 15 is 0 Å². The molecule has 234 valence electrons. The number of aliphatic hydroxyl groups is 1. The van der Waals surface area contributed by atoms with Gasteiger partial charge in [-0.15, -0.1) is 0 Å². The van der Waals surface area contributed by atoms with Crippen LogP contribution in [0.2, 0.25) is 0 Å². The van der Waals surface area contributed by atoms with Gasteiger partial charge in [0.25, 0.3) is 0 Å². The Morgan fingerprint density at radius 1 is 0.711 bits per heavy atom. The van der Waals surface area contributed by atoms with E-state index in [1.54, 1.807) is 26.0 Å². The van der Waals surface area contributed by atoms with E-state index in [1.807, 2.05) is 109 Å². The maximum atomic E-state index is 13.0. The second-order valence-corrected chi connectivity index (χ2v) is 12.4. The average molecular weight is 625 g/mol. The lowest BCUT2D eigenvalue weighted by Gasteiger charge is -2.39. The minimum Gasteiger partial charge on any atom is -0.383 e. The fourth-order valence-corrected chi connectivity index (χ4v) is 5.66. The lowest BCUT2D eigenvalue weighted by Crippen LogP contribution is -2.48. The number of carbonyl (C=O) groups excluding carboxylic acids is 3. The van der Waals surface area contributed by atoms with Gasteiger partial charge >= 0.3 is 0 Å². The van der Waals surface area contributed by atoms with Crippen molar-refractivity contribution in [2.45, 2.75) is 32.0 Å². The summed E-state index contributed by atoms with van der Waals surface area (Å²) in [5.41, 5.74) is 1.43. The monoisotopic (exact) mass is 624 g/mol. The number of hydrogen-bond acceptors (Lipinski definition) is 6. The zero-order chi connectivity index (χ0) is 32.1. The number of carbonyl (C=O) groups is 3. The van der Waals surface area contributed by atoms with E-state index < -0.39 is 23.0 Å². The topological polar surface area (TPSA) is 105 Å². The van der Waals surface area contributed by atoms with Crippen molar-refractivity contribution in [3.05, 3.63) is 144 Å². The van der Waals surface area contributed by atoms with Crippen molar-refractivity contribution in [1.29, 1.82) is 0 Å². The molecule has 3 N–H and O–H groups in total. The number of rotatable bonds is 15. The summed E-state index contributed by atoms with van der Waals surface area (Å²) in [6.45, 7) is 4.01. The predicted octanol–water partition coefficient (Wildman–Crippen LogP) is 5.58. The number of amides is 2. The van der Waals surface area contributed by atoms with E-state index in [0.29, 0.717) is 17.9 Å². The van der Waals surface area contributed by atoms with Crippen molar-refractivity contribution in [3.63, 3.8) is 0 Å². The Kier molecular flexibility index (Phi) is 12.1. The summed E-state index contributed by atoms with van der Waals surface area (Å²) in [5.74, 6) is -0.390. The molecule has 0 aliphatic heterocycles. The molecule has 4 aromatic carbocycles. The SMILES string of the molecule is CC(C)(COC(c1ccccc1)(c1ccccc1)c1ccccc1)[C@@H](O)C(=O)NCCC(=O)NCCSC(=O)c1ccccc1. The van der Waals surface area contributed by atoms with Gasteiger partial charge < -0.3 is 20.5 Å². The molecular formula is C37H40N2O5S. The van der Waals surface area contributed by atoms with Gasteiger partial charge in [-0.3, -0.25) is 14.4 Å². The maximum Gasteiger partial charge on any atom is 0.249 e. The van der Waals surface area contributed by atoms with Gasteiger partial charge in [0.2, 0.25) is 16.9 Å². The van der Waals surface area contributed by atoms with Crippen molar-refractivity contribution in [1.82, 2.24) is 10.6 Å². The van der Waals surface area contributed by atoms with Gasteiger partial charge in [0.1, 0.15) is 11.7 Å². The third kappa shape index (κ3) is 8.91. The first-order valence-corrected chi connectivity index (χ1v) is 16.0. The summed E-state index contributed by atoms with van der Waals surface area (Å²) in [6, 6.07) is 38.7. The molecule has 0 unspecified atom stereocenters. The summed E-state index contributed by atoms with van der Waals surface area (Å²) in [6.07, 6.45) is -1.34. The maximum absolute atomic E-state index is 13.0. The minimum atomic E-state index is -1.39. The number of hydrogen-bond donors (Lipinski definition) is 3. The van der Waals surface area contributed by atoms with Gasteiger partial charge in [0, 0.05) is 36.2 Å². The highest BCUT2D eigenvalue weighted by Crippen LogP contribution is 2.42. The van der Waals surface area contributed by atoms with Crippen LogP contribution in [0, 0.1) is 5.41 Å². The Balaban J connectivity index is 1.33. The summed E-state index contributed by atoms with van der Waals surface area (Å²) in [5, 5.41) is 16.5. The number of benzene rings is 4. The van der Waals surface area contributed by atoms with E-state index in [2.05, 4.69) is 10.6 Å². The van der Waals surface area contributed by atoms with Crippen molar-refractivity contribution in [2.75, 3.05) is 25.4 Å². The lowest BCUT2D eigenvalue weighted by molar-refractivity contribution is -0.141. The highest BCUT2D eigenvalue weighted by Gasteiger charge is 2.42. The number of thioether (sulfide) groups is 1. The molecule has 4 rings (SSSR count). The molecule has 0 aromatic heterocycles. The molecule has 8 heteroatoms. The van der Waals surface area contributed by atoms with Crippen LogP contribution in [0.1, 0.15) is 47.3 Å². The van der Waals surface area contributed by atoms with E-state index in [9.17, 15) is 19.5 Å². The molecule has 7 nitrogen and oxygen atoms in total. The van der Waals surface area contributed by atoms with Crippen LogP contribution in [0.5, 0.6) is 0 Å². The van der Waals surface area contributed by atoms with Crippen LogP contribution in [0.3, 0.4) is 0 Å². The Morgan fingerprint density at radius 2 is 1.18 bits per heavy atom. The number of nitrogens with one attached hydrogen (secondary N) is 2. The van der Waals surface area contributed by atoms with Crippen molar-refractivity contribution < 1.29 is 24.2 Å². The highest BCUT2D eigenvalue weighted by molar-refractivity contribution is 8.14. The van der Waals surface area contributed by atoms with Gasteiger partial charge in [-0.1, -0.05) is 147 Å². The van der Waals surface area contributed by atoms with Crippen molar-refractivity contribution >= 4 is 28.7 Å². The molecule has 4 aromatic rings. The van der Waals surface area contributed by atoms with E-state index in [4.69, 9.17) is 4.74 Å². The van der Waals surface area contributed by atoms with Crippen LogP contribution in [0.15, 0.2) is 121 Å². The van der Waals surface area contributed by atoms with Crippen LogP contribution >= 0.6 is 11.8 Å². The van der Waals surface area contributed by atoms with E-state index in [-0.39, 0.29) is 30.6 Å². The van der Waals surface area contributed by atoms with E-state index in [1.165, 1.54) is 0 Å². The fraction of sp³-hybridized carbons (Fsp3) is 0.270. The molecule has 0 fully saturated rings. The largest absolute Gasteiger partial charge is 0.383 e. The highest BCUT2D eigenvalue weighted by atomic mass is 32.2. The zero-order valence-electron chi connectivity index (χ0n) is 25.6.